The zero-order chi connectivity index (χ0) is 14.3. The largest absolute Gasteiger partial charge is 0.350 e. The Balaban J connectivity index is 2.42. The molecule has 0 radical (unpaired) electrons. The summed E-state index contributed by atoms with van der Waals surface area (Å²) in [6.07, 6.45) is 0. The summed E-state index contributed by atoms with van der Waals surface area (Å²) in [4.78, 5) is 24.4. The third-order valence-corrected chi connectivity index (χ3v) is 2.65. The highest BCUT2D eigenvalue weighted by molar-refractivity contribution is 5.85. The smallest absolute Gasteiger partial charge is 0.239 e. The van der Waals surface area contributed by atoms with Gasteiger partial charge < -0.3 is 16.0 Å². The van der Waals surface area contributed by atoms with Crippen LogP contribution < -0.4 is 11.1 Å². The molecule has 19 heavy (non-hydrogen) atoms. The summed E-state index contributed by atoms with van der Waals surface area (Å²) in [6, 6.07) is 5.85. The van der Waals surface area contributed by atoms with Gasteiger partial charge in [0.25, 0.3) is 0 Å². The molecule has 2 amide bonds. The molecule has 0 spiro atoms. The molecular weight excluding hydrogens is 249 g/mol. The van der Waals surface area contributed by atoms with Crippen LogP contribution in [0.15, 0.2) is 24.3 Å². The second-order valence-electron chi connectivity index (χ2n) is 4.02. The number of rotatable bonds is 6. The van der Waals surface area contributed by atoms with Gasteiger partial charge in [-0.15, -0.1) is 0 Å². The van der Waals surface area contributed by atoms with E-state index in [0.717, 1.165) is 5.56 Å². The van der Waals surface area contributed by atoms with Crippen molar-refractivity contribution in [1.82, 2.24) is 10.2 Å². The first-order chi connectivity index (χ1) is 9.06. The maximum atomic E-state index is 12.7. The molecule has 1 rings (SSSR count). The Morgan fingerprint density at radius 3 is 2.47 bits per heavy atom. The van der Waals surface area contributed by atoms with Gasteiger partial charge >= 0.3 is 0 Å². The van der Waals surface area contributed by atoms with Crippen LogP contribution in [0.25, 0.3) is 0 Å². The molecule has 0 fully saturated rings. The zero-order valence-electron chi connectivity index (χ0n) is 10.9. The van der Waals surface area contributed by atoms with E-state index in [0.29, 0.717) is 13.1 Å². The summed E-state index contributed by atoms with van der Waals surface area (Å²) < 4.78 is 12.7. The van der Waals surface area contributed by atoms with E-state index in [1.165, 1.54) is 17.0 Å². The van der Waals surface area contributed by atoms with Crippen LogP contribution >= 0.6 is 0 Å². The molecular formula is C13H18FN3O2. The molecule has 0 aromatic heterocycles. The van der Waals surface area contributed by atoms with E-state index in [4.69, 9.17) is 5.73 Å². The summed E-state index contributed by atoms with van der Waals surface area (Å²) >= 11 is 0. The number of nitrogens with one attached hydrogen (secondary N) is 1. The molecule has 0 saturated heterocycles. The summed E-state index contributed by atoms with van der Waals surface area (Å²) in [6.45, 7) is 2.38. The van der Waals surface area contributed by atoms with Crippen LogP contribution in [0.4, 0.5) is 4.39 Å². The van der Waals surface area contributed by atoms with Crippen molar-refractivity contribution in [2.45, 2.75) is 13.5 Å². The topological polar surface area (TPSA) is 75.4 Å². The second-order valence-corrected chi connectivity index (χ2v) is 4.02. The van der Waals surface area contributed by atoms with Crippen LogP contribution in [-0.2, 0) is 16.1 Å². The fourth-order valence-electron chi connectivity index (χ4n) is 1.54. The fraction of sp³-hybridized carbons (Fsp3) is 0.385. The van der Waals surface area contributed by atoms with Gasteiger partial charge in [-0.2, -0.15) is 0 Å². The lowest BCUT2D eigenvalue weighted by Crippen LogP contribution is -2.42. The van der Waals surface area contributed by atoms with Gasteiger partial charge in [0.1, 0.15) is 5.82 Å². The van der Waals surface area contributed by atoms with Gasteiger partial charge in [-0.1, -0.05) is 12.1 Å². The zero-order valence-corrected chi connectivity index (χ0v) is 10.9. The molecule has 1 aromatic carbocycles. The Morgan fingerprint density at radius 2 is 1.95 bits per heavy atom. The Morgan fingerprint density at radius 1 is 1.32 bits per heavy atom. The highest BCUT2D eigenvalue weighted by atomic mass is 19.1. The van der Waals surface area contributed by atoms with E-state index >= 15 is 0 Å². The predicted molar refractivity (Wildman–Crippen MR) is 69.6 cm³/mol. The van der Waals surface area contributed by atoms with Gasteiger partial charge in [-0.25, -0.2) is 4.39 Å². The van der Waals surface area contributed by atoms with Gasteiger partial charge in [0.2, 0.25) is 11.8 Å². The molecule has 0 heterocycles. The number of benzene rings is 1. The van der Waals surface area contributed by atoms with Crippen molar-refractivity contribution in [2.75, 3.05) is 19.6 Å². The molecule has 0 atom stereocenters. The first-order valence-electron chi connectivity index (χ1n) is 6.05. The standard InChI is InChI=1S/C13H18FN3O2/c1-2-17(13(19)7-15)9-12(18)16-8-10-3-5-11(14)6-4-10/h3-6H,2,7-9,15H2,1H3,(H,16,18). The molecule has 0 aliphatic carbocycles. The quantitative estimate of drug-likeness (QED) is 0.775. The minimum Gasteiger partial charge on any atom is -0.350 e. The molecule has 0 saturated carbocycles. The number of nitrogens with two attached hydrogens (primary N) is 1. The average molecular weight is 267 g/mol. The van der Waals surface area contributed by atoms with Crippen molar-refractivity contribution >= 4 is 11.8 Å². The van der Waals surface area contributed by atoms with E-state index in [1.807, 2.05) is 0 Å². The van der Waals surface area contributed by atoms with E-state index in [9.17, 15) is 14.0 Å². The van der Waals surface area contributed by atoms with Crippen molar-refractivity contribution < 1.29 is 14.0 Å². The van der Waals surface area contributed by atoms with Crippen LogP contribution in [0, 0.1) is 5.82 Å². The van der Waals surface area contributed by atoms with E-state index in [2.05, 4.69) is 5.32 Å². The minimum atomic E-state index is -0.319. The number of carbonyl (C=O) groups is 2. The number of nitrogens with zero attached hydrogens (tertiary/aromatic N) is 1. The summed E-state index contributed by atoms with van der Waals surface area (Å²) in [5, 5.41) is 2.67. The normalized spacial score (nSPS) is 10.1. The molecule has 5 nitrogen and oxygen atoms in total. The summed E-state index contributed by atoms with van der Waals surface area (Å²) in [5.74, 6) is -0.854. The first-order valence-corrected chi connectivity index (χ1v) is 6.05. The maximum Gasteiger partial charge on any atom is 0.239 e. The Labute approximate surface area is 111 Å². The molecule has 104 valence electrons. The van der Waals surface area contributed by atoms with Crippen molar-refractivity contribution in [3.63, 3.8) is 0 Å². The molecule has 3 N–H and O–H groups in total. The average Bonchev–Trinajstić information content (AvgIpc) is 2.43. The van der Waals surface area contributed by atoms with Crippen LogP contribution in [0.5, 0.6) is 0 Å². The van der Waals surface area contributed by atoms with Gasteiger partial charge in [0.15, 0.2) is 0 Å². The van der Waals surface area contributed by atoms with Crippen molar-refractivity contribution in [3.05, 3.63) is 35.6 Å². The lowest BCUT2D eigenvalue weighted by molar-refractivity contribution is -0.134. The monoisotopic (exact) mass is 267 g/mol. The lowest BCUT2D eigenvalue weighted by Gasteiger charge is -2.19. The van der Waals surface area contributed by atoms with Gasteiger partial charge in [0.05, 0.1) is 13.1 Å². The Kier molecular flexibility index (Phi) is 5.95. The predicted octanol–water partition coefficient (Wildman–Crippen LogP) is 0.249. The van der Waals surface area contributed by atoms with Gasteiger partial charge in [-0.05, 0) is 24.6 Å². The Bertz CT molecular complexity index is 434. The number of carbonyl (C=O) groups excluding carboxylic acids is 2. The van der Waals surface area contributed by atoms with Crippen molar-refractivity contribution in [2.24, 2.45) is 5.73 Å². The molecule has 0 aliphatic heterocycles. The highest BCUT2D eigenvalue weighted by Crippen LogP contribution is 2.02. The van der Waals surface area contributed by atoms with Crippen LogP contribution in [0.3, 0.4) is 0 Å². The number of halogens is 1. The van der Waals surface area contributed by atoms with Crippen molar-refractivity contribution in [3.8, 4) is 0 Å². The number of amides is 2. The van der Waals surface area contributed by atoms with Crippen LogP contribution in [0.2, 0.25) is 0 Å². The SMILES string of the molecule is CCN(CC(=O)NCc1ccc(F)cc1)C(=O)CN. The Hall–Kier alpha value is -1.95. The molecule has 6 heteroatoms. The summed E-state index contributed by atoms with van der Waals surface area (Å²) in [7, 11) is 0. The third-order valence-electron chi connectivity index (χ3n) is 2.65. The van der Waals surface area contributed by atoms with Gasteiger partial charge in [-0.3, -0.25) is 9.59 Å². The van der Waals surface area contributed by atoms with Gasteiger partial charge in [0, 0.05) is 13.1 Å². The minimum absolute atomic E-state index is 0.0201. The maximum absolute atomic E-state index is 12.7. The molecule has 1 aromatic rings. The van der Waals surface area contributed by atoms with Crippen LogP contribution in [-0.4, -0.2) is 36.3 Å². The van der Waals surface area contributed by atoms with Crippen LogP contribution in [0.1, 0.15) is 12.5 Å². The molecule has 0 bridgehead atoms. The first kappa shape index (κ1) is 15.1. The molecule has 0 unspecified atom stereocenters. The fourth-order valence-corrected chi connectivity index (χ4v) is 1.54. The van der Waals surface area contributed by atoms with E-state index in [-0.39, 0.29) is 30.7 Å². The summed E-state index contributed by atoms with van der Waals surface area (Å²) in [5.41, 5.74) is 6.04. The number of likely N-dealkylation sites (N-methyl/N-ethyl adjacent to an activating group) is 1. The van der Waals surface area contributed by atoms with Crippen molar-refractivity contribution in [1.29, 1.82) is 0 Å². The second kappa shape index (κ2) is 7.48. The third kappa shape index (κ3) is 5.05. The van der Waals surface area contributed by atoms with E-state index in [1.54, 1.807) is 19.1 Å². The molecule has 0 aliphatic rings. The van der Waals surface area contributed by atoms with E-state index < -0.39 is 0 Å². The lowest BCUT2D eigenvalue weighted by atomic mass is 10.2. The number of hydrogen-bond acceptors (Lipinski definition) is 3. The number of hydrogen-bond donors (Lipinski definition) is 2. The highest BCUT2D eigenvalue weighted by Gasteiger charge is 2.13.